The maximum atomic E-state index is 5.03. The third-order valence-corrected chi connectivity index (χ3v) is 6.53. The van der Waals surface area contributed by atoms with Crippen LogP contribution in [-0.4, -0.2) is 24.3 Å². The molecule has 6 rings (SSSR count). The molecule has 2 aromatic carbocycles. The minimum Gasteiger partial charge on any atom is -0.389 e. The average molecular weight is 675 g/mol. The van der Waals surface area contributed by atoms with Crippen molar-refractivity contribution in [1.29, 1.82) is 0 Å². The molecule has 4 heterocycles. The number of benzene rings is 2. The molecule has 0 bridgehead atoms. The van der Waals surface area contributed by atoms with Crippen molar-refractivity contribution in [1.82, 2.24) is 24.3 Å². The average Bonchev–Trinajstić information content (AvgIpc) is 3.65. The van der Waals surface area contributed by atoms with Crippen molar-refractivity contribution in [3.8, 4) is 34.0 Å². The van der Waals surface area contributed by atoms with Crippen LogP contribution in [0.25, 0.3) is 34.0 Å². The van der Waals surface area contributed by atoms with Gasteiger partial charge in [-0.15, -0.1) is 11.6 Å². The van der Waals surface area contributed by atoms with E-state index in [9.17, 15) is 0 Å². The molecule has 0 spiro atoms. The van der Waals surface area contributed by atoms with Crippen molar-refractivity contribution >= 4 is 0 Å². The Morgan fingerprint density at radius 1 is 0.632 bits per heavy atom. The Morgan fingerprint density at radius 3 is 1.92 bits per heavy atom. The summed E-state index contributed by atoms with van der Waals surface area (Å²) in [6.45, 7) is 4.30. The van der Waals surface area contributed by atoms with Gasteiger partial charge in [0.15, 0.2) is 0 Å². The summed E-state index contributed by atoms with van der Waals surface area (Å²) in [5.74, 6) is 0. The summed E-state index contributed by atoms with van der Waals surface area (Å²) in [4.78, 5) is 10.0. The Kier molecular flexibility index (Phi) is 7.22. The molecule has 4 aromatic heterocycles. The maximum Gasteiger partial charge on any atom is 2.00 e. The first-order valence-electron chi connectivity index (χ1n) is 12.2. The summed E-state index contributed by atoms with van der Waals surface area (Å²) in [6.07, 6.45) is 5.85. The molecule has 0 aliphatic rings. The van der Waals surface area contributed by atoms with E-state index in [2.05, 4.69) is 54.9 Å². The number of hydrogen-bond acceptors (Lipinski definition) is 3. The van der Waals surface area contributed by atoms with Gasteiger partial charge in [0, 0.05) is 22.5 Å². The van der Waals surface area contributed by atoms with Crippen LogP contribution in [0.2, 0.25) is 0 Å². The predicted molar refractivity (Wildman–Crippen MR) is 146 cm³/mol. The molecular formula is C32H25N5Pt. The summed E-state index contributed by atoms with van der Waals surface area (Å²) in [6, 6.07) is 39.0. The standard InChI is InChI=1S/C32H25N5.Pt/c1-32(2,30-17-9-15-27(33-30)24-19-21-36(23-24)25-11-5-3-6-12-25)31-18-10-16-28(34-31)29-20-22-37(35-29)26-13-7-4-8-14-26;/h3-18,21-23H,1-2H3;/q-2;+2. The van der Waals surface area contributed by atoms with Crippen molar-refractivity contribution < 1.29 is 21.1 Å². The van der Waals surface area contributed by atoms with Gasteiger partial charge in [0.2, 0.25) is 0 Å². The molecule has 188 valence electrons. The van der Waals surface area contributed by atoms with E-state index >= 15 is 0 Å². The van der Waals surface area contributed by atoms with Crippen LogP contribution in [0.5, 0.6) is 0 Å². The maximum absolute atomic E-state index is 5.03. The van der Waals surface area contributed by atoms with Crippen LogP contribution in [0.1, 0.15) is 25.2 Å². The van der Waals surface area contributed by atoms with Gasteiger partial charge < -0.3 is 14.5 Å². The molecule has 0 N–H and O–H groups in total. The molecule has 5 nitrogen and oxygen atoms in total. The fourth-order valence-electron chi connectivity index (χ4n) is 4.35. The zero-order valence-electron chi connectivity index (χ0n) is 21.0. The van der Waals surface area contributed by atoms with Gasteiger partial charge in [-0.1, -0.05) is 84.6 Å². The minimum atomic E-state index is -0.421. The quantitative estimate of drug-likeness (QED) is 0.185. The van der Waals surface area contributed by atoms with Crippen molar-refractivity contribution in [2.45, 2.75) is 19.3 Å². The van der Waals surface area contributed by atoms with E-state index in [1.165, 1.54) is 0 Å². The molecule has 0 saturated heterocycles. The normalized spacial score (nSPS) is 11.2. The second kappa shape index (κ2) is 10.7. The molecule has 0 aliphatic heterocycles. The third kappa shape index (κ3) is 5.03. The van der Waals surface area contributed by atoms with E-state index in [0.717, 1.165) is 39.7 Å². The zero-order valence-corrected chi connectivity index (χ0v) is 23.3. The number of rotatable bonds is 6. The van der Waals surface area contributed by atoms with Gasteiger partial charge in [-0.25, -0.2) is 11.2 Å². The van der Waals surface area contributed by atoms with Gasteiger partial charge in [-0.2, -0.15) is 6.07 Å². The van der Waals surface area contributed by atoms with E-state index in [4.69, 9.17) is 15.1 Å². The van der Waals surface area contributed by atoms with Crippen molar-refractivity contribution in [2.24, 2.45) is 0 Å². The van der Waals surface area contributed by atoms with E-state index in [-0.39, 0.29) is 21.1 Å². The molecule has 0 atom stereocenters. The molecule has 0 amide bonds. The Bertz CT molecular complexity index is 1530. The van der Waals surface area contributed by atoms with Crippen LogP contribution in [-0.2, 0) is 26.5 Å². The Balaban J connectivity index is 0.00000294. The number of nitrogens with zero attached hydrogens (tertiary/aromatic N) is 5. The van der Waals surface area contributed by atoms with E-state index < -0.39 is 5.41 Å². The second-order valence-corrected chi connectivity index (χ2v) is 9.40. The number of aromatic nitrogens is 5. The fourth-order valence-corrected chi connectivity index (χ4v) is 4.35. The van der Waals surface area contributed by atoms with Gasteiger partial charge in [0.05, 0.1) is 5.69 Å². The molecule has 6 aromatic rings. The van der Waals surface area contributed by atoms with E-state index in [1.807, 2.05) is 95.9 Å². The molecule has 0 unspecified atom stereocenters. The van der Waals surface area contributed by atoms with Crippen LogP contribution in [0.4, 0.5) is 0 Å². The molecule has 0 radical (unpaired) electrons. The Hall–Kier alpha value is -4.08. The Morgan fingerprint density at radius 2 is 1.24 bits per heavy atom. The molecule has 6 heteroatoms. The molecular weight excluding hydrogens is 649 g/mol. The smallest absolute Gasteiger partial charge is 0.389 e. The summed E-state index contributed by atoms with van der Waals surface area (Å²) in [7, 11) is 0. The fraction of sp³-hybridized carbons (Fsp3) is 0.0938. The molecule has 38 heavy (non-hydrogen) atoms. The number of para-hydroxylation sites is 2. The third-order valence-electron chi connectivity index (χ3n) is 6.53. The minimum absolute atomic E-state index is 0. The topological polar surface area (TPSA) is 48.5 Å². The zero-order chi connectivity index (χ0) is 25.2. The summed E-state index contributed by atoms with van der Waals surface area (Å²) in [5.41, 5.74) is 6.84. The van der Waals surface area contributed by atoms with Crippen LogP contribution >= 0.6 is 0 Å². The van der Waals surface area contributed by atoms with Crippen molar-refractivity contribution in [3.05, 3.63) is 139 Å². The van der Waals surface area contributed by atoms with Gasteiger partial charge in [-0.3, -0.25) is 4.68 Å². The first-order chi connectivity index (χ1) is 18.1. The van der Waals surface area contributed by atoms with Crippen LogP contribution in [0, 0.1) is 12.1 Å². The first-order valence-corrected chi connectivity index (χ1v) is 12.2. The summed E-state index contributed by atoms with van der Waals surface area (Å²) in [5, 5.41) is 4.70. The predicted octanol–water partition coefficient (Wildman–Crippen LogP) is 6.71. The summed E-state index contributed by atoms with van der Waals surface area (Å²) >= 11 is 0. The van der Waals surface area contributed by atoms with E-state index in [1.54, 1.807) is 0 Å². The van der Waals surface area contributed by atoms with Gasteiger partial charge in [0.1, 0.15) is 0 Å². The monoisotopic (exact) mass is 674 g/mol. The van der Waals surface area contributed by atoms with Crippen LogP contribution in [0.3, 0.4) is 0 Å². The molecule has 0 saturated carbocycles. The molecule has 0 aliphatic carbocycles. The number of hydrogen-bond donors (Lipinski definition) is 0. The van der Waals surface area contributed by atoms with Gasteiger partial charge in [-0.05, 0) is 55.9 Å². The second-order valence-electron chi connectivity index (χ2n) is 9.40. The SMILES string of the molecule is CC(C)(c1cccc(-c2[c-]cn(-c3ccccc3)c2)n1)c1cccc(-c2[c-]cn(-c3ccccc3)n2)n1.[Pt+2]. The van der Waals surface area contributed by atoms with Crippen molar-refractivity contribution in [2.75, 3.05) is 0 Å². The summed E-state index contributed by atoms with van der Waals surface area (Å²) < 4.78 is 3.88. The van der Waals surface area contributed by atoms with Gasteiger partial charge >= 0.3 is 21.1 Å². The van der Waals surface area contributed by atoms with Crippen LogP contribution in [0.15, 0.2) is 116 Å². The molecule has 0 fully saturated rings. The van der Waals surface area contributed by atoms with E-state index in [0.29, 0.717) is 5.69 Å². The Labute approximate surface area is 237 Å². The number of pyridine rings is 2. The van der Waals surface area contributed by atoms with Crippen molar-refractivity contribution in [3.63, 3.8) is 0 Å². The van der Waals surface area contributed by atoms with Gasteiger partial charge in [0.25, 0.3) is 0 Å². The largest absolute Gasteiger partial charge is 2.00 e. The first kappa shape index (κ1) is 25.6. The van der Waals surface area contributed by atoms with Crippen LogP contribution < -0.4 is 0 Å².